The SMILES string of the molecule is NC(=NO)c1cc(COc2ccc3c(c2)CCC3)ccn1. The quantitative estimate of drug-likeness (QED) is 0.390. The topological polar surface area (TPSA) is 80.7 Å². The molecule has 0 bridgehead atoms. The number of ether oxygens (including phenoxy) is 1. The minimum atomic E-state index is -0.00520. The molecule has 0 fully saturated rings. The van der Waals surface area contributed by atoms with Crippen LogP contribution in [0.25, 0.3) is 0 Å². The van der Waals surface area contributed by atoms with Crippen LogP contribution < -0.4 is 10.5 Å². The van der Waals surface area contributed by atoms with Gasteiger partial charge in [-0.2, -0.15) is 0 Å². The van der Waals surface area contributed by atoms with E-state index in [1.165, 1.54) is 24.0 Å². The van der Waals surface area contributed by atoms with Crippen molar-refractivity contribution in [2.45, 2.75) is 25.9 Å². The highest BCUT2D eigenvalue weighted by molar-refractivity contribution is 5.95. The van der Waals surface area contributed by atoms with Gasteiger partial charge in [0.15, 0.2) is 5.84 Å². The van der Waals surface area contributed by atoms with Crippen LogP contribution in [0.1, 0.15) is 28.8 Å². The number of pyridine rings is 1. The second-order valence-corrected chi connectivity index (χ2v) is 5.11. The molecule has 3 N–H and O–H groups in total. The average Bonchev–Trinajstić information content (AvgIpc) is 3.00. The molecule has 21 heavy (non-hydrogen) atoms. The van der Waals surface area contributed by atoms with Crippen LogP contribution in [-0.4, -0.2) is 16.0 Å². The molecule has 1 aliphatic rings. The zero-order valence-electron chi connectivity index (χ0n) is 11.6. The number of hydrogen-bond acceptors (Lipinski definition) is 4. The summed E-state index contributed by atoms with van der Waals surface area (Å²) in [6.07, 6.45) is 5.15. The third kappa shape index (κ3) is 2.97. The molecule has 1 aromatic heterocycles. The Morgan fingerprint density at radius 3 is 2.95 bits per heavy atom. The number of nitrogens with two attached hydrogens (primary N) is 1. The third-order valence-electron chi connectivity index (χ3n) is 3.67. The number of fused-ring (bicyclic) bond motifs is 1. The van der Waals surface area contributed by atoms with E-state index < -0.39 is 0 Å². The minimum absolute atomic E-state index is 0.00520. The number of nitrogens with zero attached hydrogens (tertiary/aromatic N) is 2. The lowest BCUT2D eigenvalue weighted by Gasteiger charge is -2.09. The fraction of sp³-hybridized carbons (Fsp3) is 0.250. The molecule has 108 valence electrons. The number of amidine groups is 1. The fourth-order valence-electron chi connectivity index (χ4n) is 2.56. The maximum Gasteiger partial charge on any atom is 0.188 e. The predicted octanol–water partition coefficient (Wildman–Crippen LogP) is 2.24. The van der Waals surface area contributed by atoms with E-state index in [2.05, 4.69) is 22.3 Å². The van der Waals surface area contributed by atoms with Crippen LogP contribution in [0.4, 0.5) is 0 Å². The summed E-state index contributed by atoms with van der Waals surface area (Å²) < 4.78 is 5.81. The zero-order valence-corrected chi connectivity index (χ0v) is 11.6. The Balaban J connectivity index is 1.70. The molecule has 5 nitrogen and oxygen atoms in total. The molecule has 5 heteroatoms. The Bertz CT molecular complexity index is 683. The average molecular weight is 283 g/mol. The third-order valence-corrected chi connectivity index (χ3v) is 3.67. The van der Waals surface area contributed by atoms with E-state index in [-0.39, 0.29) is 5.84 Å². The second kappa shape index (κ2) is 5.83. The number of hydrogen-bond donors (Lipinski definition) is 2. The molecule has 0 radical (unpaired) electrons. The van der Waals surface area contributed by atoms with Gasteiger partial charge >= 0.3 is 0 Å². The van der Waals surface area contributed by atoms with E-state index in [1.54, 1.807) is 12.3 Å². The van der Waals surface area contributed by atoms with Crippen molar-refractivity contribution in [3.63, 3.8) is 0 Å². The lowest BCUT2D eigenvalue weighted by atomic mass is 10.1. The molecule has 1 aromatic carbocycles. The molecule has 0 saturated heterocycles. The summed E-state index contributed by atoms with van der Waals surface area (Å²) in [5.74, 6) is 0.868. The number of aromatic nitrogens is 1. The first kappa shape index (κ1) is 13.4. The van der Waals surface area contributed by atoms with Gasteiger partial charge in [0.05, 0.1) is 0 Å². The van der Waals surface area contributed by atoms with E-state index in [0.717, 1.165) is 17.7 Å². The normalized spacial score (nSPS) is 14.0. The van der Waals surface area contributed by atoms with Gasteiger partial charge in [-0.3, -0.25) is 4.98 Å². The fourth-order valence-corrected chi connectivity index (χ4v) is 2.56. The van der Waals surface area contributed by atoms with Gasteiger partial charge in [0.2, 0.25) is 0 Å². The number of rotatable bonds is 4. The highest BCUT2D eigenvalue weighted by Gasteiger charge is 2.11. The van der Waals surface area contributed by atoms with E-state index in [1.807, 2.05) is 12.1 Å². The first-order chi connectivity index (χ1) is 10.3. The highest BCUT2D eigenvalue weighted by atomic mass is 16.5. The Kier molecular flexibility index (Phi) is 3.73. The first-order valence-electron chi connectivity index (χ1n) is 6.93. The van der Waals surface area contributed by atoms with E-state index in [4.69, 9.17) is 15.7 Å². The summed E-state index contributed by atoms with van der Waals surface area (Å²) >= 11 is 0. The summed E-state index contributed by atoms with van der Waals surface area (Å²) in [6, 6.07) is 9.87. The van der Waals surface area contributed by atoms with Crippen molar-refractivity contribution in [1.29, 1.82) is 0 Å². The van der Waals surface area contributed by atoms with Crippen LogP contribution in [0, 0.1) is 0 Å². The maximum atomic E-state index is 8.67. The smallest absolute Gasteiger partial charge is 0.188 e. The lowest BCUT2D eigenvalue weighted by Crippen LogP contribution is -2.15. The van der Waals surface area contributed by atoms with Gasteiger partial charge in [-0.05, 0) is 60.2 Å². The van der Waals surface area contributed by atoms with Gasteiger partial charge in [0, 0.05) is 6.20 Å². The summed E-state index contributed by atoms with van der Waals surface area (Å²) in [5, 5.41) is 11.6. The summed E-state index contributed by atoms with van der Waals surface area (Å²) in [6.45, 7) is 0.424. The standard InChI is InChI=1S/C16H17N3O2/c17-16(19-20)15-8-11(6-7-18-15)10-21-14-5-4-12-2-1-3-13(12)9-14/h4-9,20H,1-3,10H2,(H2,17,19). The van der Waals surface area contributed by atoms with Crippen molar-refractivity contribution >= 4 is 5.84 Å². The van der Waals surface area contributed by atoms with E-state index in [0.29, 0.717) is 12.3 Å². The molecule has 3 rings (SSSR count). The molecule has 0 aliphatic heterocycles. The van der Waals surface area contributed by atoms with Crippen molar-refractivity contribution in [2.75, 3.05) is 0 Å². The van der Waals surface area contributed by atoms with Crippen molar-refractivity contribution in [2.24, 2.45) is 10.9 Å². The van der Waals surface area contributed by atoms with Crippen molar-refractivity contribution in [3.8, 4) is 5.75 Å². The zero-order chi connectivity index (χ0) is 14.7. The Morgan fingerprint density at radius 2 is 2.10 bits per heavy atom. The van der Waals surface area contributed by atoms with Gasteiger partial charge in [0.25, 0.3) is 0 Å². The van der Waals surface area contributed by atoms with Crippen LogP contribution in [0.3, 0.4) is 0 Å². The monoisotopic (exact) mass is 283 g/mol. The summed E-state index contributed by atoms with van der Waals surface area (Å²) in [7, 11) is 0. The Morgan fingerprint density at radius 1 is 1.24 bits per heavy atom. The minimum Gasteiger partial charge on any atom is -0.489 e. The first-order valence-corrected chi connectivity index (χ1v) is 6.93. The molecule has 0 atom stereocenters. The summed E-state index contributed by atoms with van der Waals surface area (Å²) in [5.41, 5.74) is 9.71. The van der Waals surface area contributed by atoms with Crippen LogP contribution in [0.2, 0.25) is 0 Å². The predicted molar refractivity (Wildman–Crippen MR) is 79.5 cm³/mol. The lowest BCUT2D eigenvalue weighted by molar-refractivity contribution is 0.305. The van der Waals surface area contributed by atoms with Gasteiger partial charge in [0.1, 0.15) is 18.1 Å². The van der Waals surface area contributed by atoms with Crippen molar-refractivity contribution in [3.05, 3.63) is 58.9 Å². The maximum absolute atomic E-state index is 8.67. The van der Waals surface area contributed by atoms with Crippen LogP contribution >= 0.6 is 0 Å². The number of oxime groups is 1. The van der Waals surface area contributed by atoms with E-state index in [9.17, 15) is 0 Å². The number of aryl methyl sites for hydroxylation is 2. The Labute approximate surface area is 123 Å². The molecule has 0 spiro atoms. The highest BCUT2D eigenvalue weighted by Crippen LogP contribution is 2.26. The number of benzene rings is 1. The van der Waals surface area contributed by atoms with Crippen LogP contribution in [0.5, 0.6) is 5.75 Å². The van der Waals surface area contributed by atoms with Gasteiger partial charge in [-0.25, -0.2) is 0 Å². The molecule has 2 aromatic rings. The van der Waals surface area contributed by atoms with Crippen LogP contribution in [-0.2, 0) is 19.4 Å². The van der Waals surface area contributed by atoms with Crippen molar-refractivity contribution in [1.82, 2.24) is 4.98 Å². The molecule has 1 heterocycles. The molecule has 0 amide bonds. The molecule has 1 aliphatic carbocycles. The summed E-state index contributed by atoms with van der Waals surface area (Å²) in [4.78, 5) is 4.04. The molecular weight excluding hydrogens is 266 g/mol. The van der Waals surface area contributed by atoms with Crippen LogP contribution in [0.15, 0.2) is 41.7 Å². The van der Waals surface area contributed by atoms with E-state index >= 15 is 0 Å². The van der Waals surface area contributed by atoms with Gasteiger partial charge in [-0.1, -0.05) is 11.2 Å². The van der Waals surface area contributed by atoms with Gasteiger partial charge < -0.3 is 15.7 Å². The molecule has 0 unspecified atom stereocenters. The molecular formula is C16H17N3O2. The Hall–Kier alpha value is -2.56. The largest absolute Gasteiger partial charge is 0.489 e. The van der Waals surface area contributed by atoms with Gasteiger partial charge in [-0.15, -0.1) is 0 Å². The molecule has 0 saturated carbocycles. The second-order valence-electron chi connectivity index (χ2n) is 5.11. The van der Waals surface area contributed by atoms with Crippen molar-refractivity contribution < 1.29 is 9.94 Å².